The topological polar surface area (TPSA) is 99.2 Å². The maximum atomic E-state index is 13.6. The van der Waals surface area contributed by atoms with Crippen LogP contribution in [0.1, 0.15) is 15.9 Å². The molecule has 1 heterocycles. The first kappa shape index (κ1) is 25.4. The quantitative estimate of drug-likeness (QED) is 0.145. The first-order chi connectivity index (χ1) is 18.4. The lowest BCUT2D eigenvalue weighted by Gasteiger charge is -2.15. The average Bonchev–Trinajstić information content (AvgIpc) is 2.94. The highest BCUT2D eigenvalue weighted by Gasteiger charge is 2.16. The lowest BCUT2D eigenvalue weighted by atomic mass is 10.1. The van der Waals surface area contributed by atoms with Gasteiger partial charge in [0.05, 0.1) is 40.1 Å². The highest BCUT2D eigenvalue weighted by atomic mass is 35.5. The number of methoxy groups -OCH3 is 1. The summed E-state index contributed by atoms with van der Waals surface area (Å²) in [4.78, 5) is 31.0. The summed E-state index contributed by atoms with van der Waals surface area (Å²) in [7, 11) is 1.57. The summed E-state index contributed by atoms with van der Waals surface area (Å²) < 4.78 is 6.86. The SMILES string of the molecule is COc1ccc2c(=O)n(-c3ccccc3Cl)c(SCc3ccc(C(=O)Nc4ccccc4N)cc3)nc2c1. The van der Waals surface area contributed by atoms with Crippen molar-refractivity contribution in [1.82, 2.24) is 9.55 Å². The van der Waals surface area contributed by atoms with Gasteiger partial charge in [-0.25, -0.2) is 4.98 Å². The van der Waals surface area contributed by atoms with Crippen LogP contribution < -0.4 is 21.3 Å². The van der Waals surface area contributed by atoms with E-state index in [0.717, 1.165) is 5.56 Å². The molecule has 1 aromatic heterocycles. The normalized spacial score (nSPS) is 10.9. The Labute approximate surface area is 228 Å². The standard InChI is InChI=1S/C29H23ClN4O3S/c1-37-20-14-15-21-25(16-20)33-29(34(28(21)36)26-9-5-2-6-22(26)30)38-17-18-10-12-19(13-11-18)27(35)32-24-8-4-3-7-23(24)31/h2-16H,17,31H2,1H3,(H,32,35). The molecule has 9 heteroatoms. The molecule has 0 aliphatic heterocycles. The van der Waals surface area contributed by atoms with E-state index in [9.17, 15) is 9.59 Å². The van der Waals surface area contributed by atoms with E-state index in [0.29, 0.717) is 55.2 Å². The number of para-hydroxylation sites is 3. The molecular weight excluding hydrogens is 520 g/mol. The maximum absolute atomic E-state index is 13.6. The number of ether oxygens (including phenoxy) is 1. The van der Waals surface area contributed by atoms with E-state index in [1.807, 2.05) is 36.4 Å². The summed E-state index contributed by atoms with van der Waals surface area (Å²) in [6, 6.07) is 26.7. The Morgan fingerprint density at radius 2 is 1.76 bits per heavy atom. The van der Waals surface area contributed by atoms with Crippen molar-refractivity contribution in [3.63, 3.8) is 0 Å². The van der Waals surface area contributed by atoms with Crippen LogP contribution in [0, 0.1) is 0 Å². The Morgan fingerprint density at radius 3 is 2.50 bits per heavy atom. The van der Waals surface area contributed by atoms with Gasteiger partial charge in [-0.1, -0.05) is 59.8 Å². The molecule has 5 rings (SSSR count). The van der Waals surface area contributed by atoms with Crippen molar-refractivity contribution < 1.29 is 9.53 Å². The number of aromatic nitrogens is 2. The number of carbonyl (C=O) groups is 1. The number of thioether (sulfide) groups is 1. The van der Waals surface area contributed by atoms with Gasteiger partial charge < -0.3 is 15.8 Å². The maximum Gasteiger partial charge on any atom is 0.266 e. The van der Waals surface area contributed by atoms with E-state index >= 15 is 0 Å². The Balaban J connectivity index is 1.43. The molecule has 3 N–H and O–H groups in total. The van der Waals surface area contributed by atoms with E-state index in [2.05, 4.69) is 5.32 Å². The highest BCUT2D eigenvalue weighted by molar-refractivity contribution is 7.98. The number of rotatable bonds is 7. The minimum atomic E-state index is -0.250. The van der Waals surface area contributed by atoms with Crippen LogP contribution in [-0.4, -0.2) is 22.6 Å². The number of hydrogen-bond acceptors (Lipinski definition) is 6. The number of nitrogens with one attached hydrogen (secondary N) is 1. The zero-order valence-electron chi connectivity index (χ0n) is 20.4. The van der Waals surface area contributed by atoms with Gasteiger partial charge in [0.2, 0.25) is 0 Å². The predicted molar refractivity (Wildman–Crippen MR) is 154 cm³/mol. The highest BCUT2D eigenvalue weighted by Crippen LogP contribution is 2.29. The number of fused-ring (bicyclic) bond motifs is 1. The minimum Gasteiger partial charge on any atom is -0.497 e. The summed E-state index contributed by atoms with van der Waals surface area (Å²) in [6.07, 6.45) is 0. The molecule has 190 valence electrons. The van der Waals surface area contributed by atoms with Crippen LogP contribution in [0.15, 0.2) is 101 Å². The lowest BCUT2D eigenvalue weighted by Crippen LogP contribution is -2.22. The fourth-order valence-corrected chi connectivity index (χ4v) is 5.10. The van der Waals surface area contributed by atoms with Crippen LogP contribution in [0.3, 0.4) is 0 Å². The summed E-state index contributed by atoms with van der Waals surface area (Å²) in [5.41, 5.74) is 9.32. The summed E-state index contributed by atoms with van der Waals surface area (Å²) in [6.45, 7) is 0. The zero-order valence-corrected chi connectivity index (χ0v) is 21.9. The van der Waals surface area contributed by atoms with E-state index in [4.69, 9.17) is 27.1 Å². The number of amides is 1. The molecule has 38 heavy (non-hydrogen) atoms. The first-order valence-corrected chi connectivity index (χ1v) is 13.0. The first-order valence-electron chi connectivity index (χ1n) is 11.7. The third-order valence-electron chi connectivity index (χ3n) is 5.93. The van der Waals surface area contributed by atoms with E-state index in [-0.39, 0.29) is 11.5 Å². The van der Waals surface area contributed by atoms with Crippen LogP contribution >= 0.6 is 23.4 Å². The van der Waals surface area contributed by atoms with Gasteiger partial charge in [0.25, 0.3) is 11.5 Å². The second-order valence-electron chi connectivity index (χ2n) is 8.40. The summed E-state index contributed by atoms with van der Waals surface area (Å²) >= 11 is 7.87. The molecule has 4 aromatic carbocycles. The number of anilines is 2. The third kappa shape index (κ3) is 5.22. The van der Waals surface area contributed by atoms with Gasteiger partial charge in [-0.15, -0.1) is 0 Å². The number of carbonyl (C=O) groups excluding carboxylic acids is 1. The molecule has 7 nitrogen and oxygen atoms in total. The van der Waals surface area contributed by atoms with Gasteiger partial charge >= 0.3 is 0 Å². The monoisotopic (exact) mass is 542 g/mol. The van der Waals surface area contributed by atoms with E-state index in [1.54, 1.807) is 61.7 Å². The van der Waals surface area contributed by atoms with Gasteiger partial charge in [-0.3, -0.25) is 14.2 Å². The van der Waals surface area contributed by atoms with Crippen molar-refractivity contribution >= 4 is 51.5 Å². The van der Waals surface area contributed by atoms with Crippen molar-refractivity contribution in [3.05, 3.63) is 117 Å². The minimum absolute atomic E-state index is 0.222. The molecular formula is C29H23ClN4O3S. The Kier molecular flexibility index (Phi) is 7.35. The number of hydrogen-bond donors (Lipinski definition) is 2. The van der Waals surface area contributed by atoms with Gasteiger partial charge in [-0.05, 0) is 54.1 Å². The molecule has 0 aliphatic rings. The molecule has 5 aromatic rings. The van der Waals surface area contributed by atoms with Crippen LogP contribution in [-0.2, 0) is 5.75 Å². The Hall–Kier alpha value is -4.27. The third-order valence-corrected chi connectivity index (χ3v) is 7.26. The number of benzene rings is 4. The number of nitrogen functional groups attached to an aromatic ring is 1. The van der Waals surface area contributed by atoms with Gasteiger partial charge in [0, 0.05) is 17.4 Å². The lowest BCUT2D eigenvalue weighted by molar-refractivity contribution is 0.102. The largest absolute Gasteiger partial charge is 0.497 e. The summed E-state index contributed by atoms with van der Waals surface area (Å²) in [5.74, 6) is 0.877. The average molecular weight is 543 g/mol. The number of halogens is 1. The van der Waals surface area contributed by atoms with E-state index in [1.165, 1.54) is 16.3 Å². The van der Waals surface area contributed by atoms with Crippen LogP contribution in [0.4, 0.5) is 11.4 Å². The molecule has 0 saturated carbocycles. The van der Waals surface area contributed by atoms with Crippen LogP contribution in [0.25, 0.3) is 16.6 Å². The fourth-order valence-electron chi connectivity index (χ4n) is 3.92. The van der Waals surface area contributed by atoms with Gasteiger partial charge in [0.1, 0.15) is 5.75 Å². The molecule has 0 aliphatic carbocycles. The fraction of sp³-hybridized carbons (Fsp3) is 0.0690. The van der Waals surface area contributed by atoms with E-state index < -0.39 is 0 Å². The van der Waals surface area contributed by atoms with Crippen LogP contribution in [0.5, 0.6) is 5.75 Å². The second-order valence-corrected chi connectivity index (χ2v) is 9.75. The molecule has 0 unspecified atom stereocenters. The summed E-state index contributed by atoms with van der Waals surface area (Å²) in [5, 5.41) is 4.23. The second kappa shape index (κ2) is 11.0. The van der Waals surface area contributed by atoms with Crippen molar-refractivity contribution in [3.8, 4) is 11.4 Å². The molecule has 0 spiro atoms. The molecule has 0 atom stereocenters. The molecule has 1 amide bonds. The van der Waals surface area contributed by atoms with Gasteiger partial charge in [0.15, 0.2) is 5.16 Å². The molecule has 0 saturated heterocycles. The zero-order chi connectivity index (χ0) is 26.6. The molecule has 0 radical (unpaired) electrons. The number of nitrogens with two attached hydrogens (primary N) is 1. The molecule has 0 fully saturated rings. The number of nitrogens with zero attached hydrogens (tertiary/aromatic N) is 2. The van der Waals surface area contributed by atoms with Crippen molar-refractivity contribution in [1.29, 1.82) is 0 Å². The predicted octanol–water partition coefficient (Wildman–Crippen LogP) is 6.17. The Bertz CT molecular complexity index is 1700. The molecule has 0 bridgehead atoms. The van der Waals surface area contributed by atoms with Gasteiger partial charge in [-0.2, -0.15) is 0 Å². The smallest absolute Gasteiger partial charge is 0.266 e. The van der Waals surface area contributed by atoms with Crippen molar-refractivity contribution in [2.75, 3.05) is 18.2 Å². The van der Waals surface area contributed by atoms with Crippen molar-refractivity contribution in [2.24, 2.45) is 0 Å². The van der Waals surface area contributed by atoms with Crippen molar-refractivity contribution in [2.45, 2.75) is 10.9 Å². The Morgan fingerprint density at radius 1 is 1.03 bits per heavy atom. The van der Waals surface area contributed by atoms with Crippen LogP contribution in [0.2, 0.25) is 5.02 Å².